The van der Waals surface area contributed by atoms with Gasteiger partial charge in [0.1, 0.15) is 46.0 Å². The SMILES string of the molecule is BrCCCOC1CCCCO1.C=C(C)C(=O)Oc1ccc(-c2cc(-c3c(C)cc(C)cc3C)cc(-c3ccc(OC(=O)C(=C)C)cc3)c2OCCCOC2CCCCO2)cc1.Cc1cc(C)c(-c2cc(-c3ccc(O)cc3)c(OCCCOC3CCCCO3)c(-c3ccc(O)cc3)c2)c(C)c1.Cc1cc(C)c(-c2cc(Br)c(O)c(Br)c2)c(C)c1.Cc1cc(C)c(-c2cc(Br)c(OCCCOC3CCCCO3)c(Br)c2)c(C)c1. The Bertz CT molecular complexity index is 6110. The smallest absolute Gasteiger partial charge is 0.338 e. The van der Waals surface area contributed by atoms with Gasteiger partial charge in [-0.25, -0.2) is 9.59 Å². The van der Waals surface area contributed by atoms with E-state index in [1.54, 1.807) is 62.4 Å². The second-order valence-corrected chi connectivity index (χ2v) is 42.5. The number of ether oxygens (including phenoxy) is 13. The van der Waals surface area contributed by atoms with Crippen molar-refractivity contribution in [2.45, 2.75) is 225 Å². The van der Waals surface area contributed by atoms with Crippen LogP contribution in [0.1, 0.15) is 183 Å². The number of phenolic OH excluding ortho intramolecular Hbond substituents is 3. The van der Waals surface area contributed by atoms with Crippen LogP contribution < -0.4 is 23.7 Å². The van der Waals surface area contributed by atoms with Crippen molar-refractivity contribution in [1.29, 1.82) is 0 Å². The van der Waals surface area contributed by atoms with Crippen molar-refractivity contribution < 1.29 is 86.5 Å². The number of rotatable bonds is 34. The van der Waals surface area contributed by atoms with E-state index < -0.39 is 11.9 Å². The highest BCUT2D eigenvalue weighted by Gasteiger charge is 2.27. The molecule has 23 heteroatoms. The van der Waals surface area contributed by atoms with Crippen molar-refractivity contribution in [1.82, 2.24) is 0 Å². The molecule has 4 unspecified atom stereocenters. The minimum absolute atomic E-state index is 0.0347. The summed E-state index contributed by atoms with van der Waals surface area (Å²) in [5.74, 6) is 2.85. The number of hydrogen-bond donors (Lipinski definition) is 3. The Morgan fingerprint density at radius 3 is 0.789 bits per heavy atom. The van der Waals surface area contributed by atoms with E-state index in [-0.39, 0.29) is 42.4 Å². The molecule has 4 saturated heterocycles. The maximum Gasteiger partial charge on any atom is 0.338 e. The Kier molecular flexibility index (Phi) is 45.5. The number of aryl methyl sites for hydroxylation is 12. The van der Waals surface area contributed by atoms with Gasteiger partial charge in [0.2, 0.25) is 0 Å². The second-order valence-electron chi connectivity index (χ2n) is 38.3. The van der Waals surface area contributed by atoms with Gasteiger partial charge < -0.3 is 76.9 Å². The van der Waals surface area contributed by atoms with Crippen molar-refractivity contribution >= 4 is 91.6 Å². The van der Waals surface area contributed by atoms with E-state index in [9.17, 15) is 24.9 Å². The van der Waals surface area contributed by atoms with Crippen molar-refractivity contribution in [3.8, 4) is 135 Å². The Morgan fingerprint density at radius 2 is 0.544 bits per heavy atom. The Labute approximate surface area is 911 Å². The molecule has 4 heterocycles. The number of benzene rings is 12. The zero-order chi connectivity index (χ0) is 105. The summed E-state index contributed by atoms with van der Waals surface area (Å²) in [6.45, 7) is 43.4. The zero-order valence-corrected chi connectivity index (χ0v) is 95.3. The van der Waals surface area contributed by atoms with Crippen LogP contribution in [0, 0.1) is 83.1 Å². The minimum atomic E-state index is -0.477. The lowest BCUT2D eigenvalue weighted by Crippen LogP contribution is -2.23. The first-order valence-electron chi connectivity index (χ1n) is 51.0. The summed E-state index contributed by atoms with van der Waals surface area (Å²) in [4.78, 5) is 24.4. The maximum atomic E-state index is 12.2. The average molecular weight is 2320 g/mol. The summed E-state index contributed by atoms with van der Waals surface area (Å²) in [5.41, 5.74) is 32.0. The van der Waals surface area contributed by atoms with Crippen LogP contribution in [0.25, 0.3) is 89.0 Å². The lowest BCUT2D eigenvalue weighted by atomic mass is 9.88. The summed E-state index contributed by atoms with van der Waals surface area (Å²) in [5, 5.41) is 30.8. The fourth-order valence-corrected chi connectivity index (χ4v) is 21.7. The van der Waals surface area contributed by atoms with Gasteiger partial charge in [0.15, 0.2) is 25.2 Å². The van der Waals surface area contributed by atoms with Crippen LogP contribution in [0.5, 0.6) is 46.0 Å². The van der Waals surface area contributed by atoms with Crippen LogP contribution in [0.3, 0.4) is 0 Å². The van der Waals surface area contributed by atoms with Gasteiger partial charge in [-0.3, -0.25) is 0 Å². The van der Waals surface area contributed by atoms with Gasteiger partial charge in [0.05, 0.1) is 64.1 Å². The summed E-state index contributed by atoms with van der Waals surface area (Å²) >= 11 is 17.5. The molecule has 0 spiro atoms. The highest BCUT2D eigenvalue weighted by molar-refractivity contribution is 9.11. The lowest BCUT2D eigenvalue weighted by Gasteiger charge is -2.23. The van der Waals surface area contributed by atoms with E-state index in [0.29, 0.717) is 83.4 Å². The number of hydrogen-bond acceptors (Lipinski definition) is 18. The van der Waals surface area contributed by atoms with E-state index in [4.69, 9.17) is 61.6 Å². The lowest BCUT2D eigenvalue weighted by molar-refractivity contribution is -0.163. The molecule has 0 amide bonds. The number of phenols is 3. The largest absolute Gasteiger partial charge is 0.508 e. The third kappa shape index (κ3) is 34.2. The first-order valence-corrected chi connectivity index (χ1v) is 55.2. The Hall–Kier alpha value is -10.1. The van der Waals surface area contributed by atoms with Crippen molar-refractivity contribution in [3.05, 3.63) is 303 Å². The van der Waals surface area contributed by atoms with Crippen LogP contribution in [-0.2, 0) is 47.5 Å². The third-order valence-electron chi connectivity index (χ3n) is 25.5. The number of halogens is 5. The quantitative estimate of drug-likeness (QED) is 0.0112. The normalized spacial score (nSPS) is 15.4. The van der Waals surface area contributed by atoms with E-state index >= 15 is 0 Å². The van der Waals surface area contributed by atoms with Gasteiger partial charge in [-0.15, -0.1) is 0 Å². The molecule has 4 atom stereocenters. The standard InChI is InChI=1S/C43H46O7.C35H38O5.C23H28Br2O3.C15H14Br2O.C8H15BrO2/c1-27(2)42(44)49-35-16-12-32(13-17-35)37-25-34(40-30(6)23-29(5)24-31(40)7)26-38(33-14-18-36(19-15-33)50-43(45)28(3)4)41(37)48-22-10-21-47-39-11-8-9-20-46-39;1-23-19-24(2)34(25(3)20-23)28-21-31(26-8-12-29(36)13-9-26)35(32(22-28)27-10-14-30(37)15-11-27)40-18-6-17-39-33-7-4-5-16-38-33;1-15-11-16(2)22(17(3)12-15)18-13-19(24)23(20(25)14-18)28-10-6-9-27-21-7-4-5-8-26-21;1-8-4-9(2)14(10(3)5-8)11-6-12(16)15(18)13(17)7-11;9-5-3-7-11-8-4-1-2-6-10-8/h12-19,23-26,39H,1,3,8-11,20-22H2,2,4-7H3;8-15,19-22,33,36-37H,4-7,16-18H2,1-3H3;11-14,21H,4-10H2,1-3H3;4-7,18H,1-3H3;8H,1-7H2. The summed E-state index contributed by atoms with van der Waals surface area (Å²) in [6, 6.07) is 63.7. The summed E-state index contributed by atoms with van der Waals surface area (Å²) in [6.07, 6.45) is 16.2. The number of esters is 2. The van der Waals surface area contributed by atoms with Crippen LogP contribution >= 0.6 is 79.6 Å². The summed E-state index contributed by atoms with van der Waals surface area (Å²) in [7, 11) is 0. The Balaban J connectivity index is 0.000000176. The topological polar surface area (TPSA) is 215 Å². The molecule has 4 aliphatic heterocycles. The number of alkyl halides is 1. The summed E-state index contributed by atoms with van der Waals surface area (Å²) < 4.78 is 79.1. The first kappa shape index (κ1) is 116. The molecule has 12 aromatic rings. The highest BCUT2D eigenvalue weighted by Crippen LogP contribution is 2.49. The predicted octanol–water partition coefficient (Wildman–Crippen LogP) is 33.2. The fraction of sp³-hybridized carbons (Fsp3) is 0.371. The second kappa shape index (κ2) is 57.8. The monoisotopic (exact) mass is 2310 g/mol. The molecule has 147 heavy (non-hydrogen) atoms. The van der Waals surface area contributed by atoms with Gasteiger partial charge in [-0.1, -0.05) is 148 Å². The van der Waals surface area contributed by atoms with Gasteiger partial charge in [-0.2, -0.15) is 0 Å². The average Bonchev–Trinajstić information content (AvgIpc) is 0.778. The molecule has 16 rings (SSSR count). The molecule has 780 valence electrons. The van der Waals surface area contributed by atoms with Crippen LogP contribution in [0.4, 0.5) is 0 Å². The molecule has 0 radical (unpaired) electrons. The molecule has 0 saturated carbocycles. The highest BCUT2D eigenvalue weighted by atomic mass is 79.9. The molecule has 4 aliphatic rings. The third-order valence-corrected chi connectivity index (χ3v) is 28.5. The van der Waals surface area contributed by atoms with Gasteiger partial charge in [0, 0.05) is 84.4 Å². The van der Waals surface area contributed by atoms with Crippen molar-refractivity contribution in [2.24, 2.45) is 0 Å². The van der Waals surface area contributed by atoms with Crippen LogP contribution in [-0.4, -0.2) is 130 Å². The molecule has 18 nitrogen and oxygen atoms in total. The minimum Gasteiger partial charge on any atom is -0.508 e. The molecule has 0 aliphatic carbocycles. The molecular weight excluding hydrogens is 2180 g/mol. The van der Waals surface area contributed by atoms with Crippen LogP contribution in [0.15, 0.2) is 236 Å². The van der Waals surface area contributed by atoms with E-state index in [2.05, 4.69) is 261 Å². The first-order chi connectivity index (χ1) is 70.7. The van der Waals surface area contributed by atoms with Crippen LogP contribution in [0.2, 0.25) is 0 Å². The maximum absolute atomic E-state index is 12.2. The zero-order valence-electron chi connectivity index (χ0n) is 87.4. The van der Waals surface area contributed by atoms with Gasteiger partial charge >= 0.3 is 11.9 Å². The van der Waals surface area contributed by atoms with Gasteiger partial charge in [0.25, 0.3) is 0 Å². The number of aromatic hydroxyl groups is 3. The Morgan fingerprint density at radius 1 is 0.306 bits per heavy atom. The molecule has 0 bridgehead atoms. The molecule has 0 aromatic heterocycles. The van der Waals surface area contributed by atoms with Crippen molar-refractivity contribution in [2.75, 3.05) is 78.0 Å². The van der Waals surface area contributed by atoms with Crippen molar-refractivity contribution in [3.63, 3.8) is 0 Å². The van der Waals surface area contributed by atoms with E-state index in [1.165, 1.54) is 108 Å². The molecule has 12 aromatic carbocycles. The molecular formula is C124H141Br5O18. The molecule has 4 fully saturated rings. The predicted molar refractivity (Wildman–Crippen MR) is 610 cm³/mol. The van der Waals surface area contributed by atoms with Gasteiger partial charge in [-0.05, 0) is 452 Å². The van der Waals surface area contributed by atoms with E-state index in [0.717, 1.165) is 203 Å². The fourth-order valence-electron chi connectivity index (χ4n) is 18.9. The number of carbonyl (C=O) groups excluding carboxylic acids is 2. The van der Waals surface area contributed by atoms with E-state index in [1.807, 2.05) is 60.7 Å². The number of carbonyl (C=O) groups is 2. The molecule has 3 N–H and O–H groups in total.